The summed E-state index contributed by atoms with van der Waals surface area (Å²) in [5.41, 5.74) is 7.01. The first kappa shape index (κ1) is 34.1. The van der Waals surface area contributed by atoms with E-state index in [1.807, 2.05) is 0 Å². The molecular weight excluding hydrogens is 586 g/mol. The van der Waals surface area contributed by atoms with E-state index < -0.39 is 29.8 Å². The number of amides is 1. The highest BCUT2D eigenvalue weighted by Gasteiger charge is 2.19. The van der Waals surface area contributed by atoms with Gasteiger partial charge in [0.15, 0.2) is 0 Å². The average Bonchev–Trinajstić information content (AvgIpc) is 3.02. The zero-order valence-electron chi connectivity index (χ0n) is 25.5. The van der Waals surface area contributed by atoms with E-state index in [-0.39, 0.29) is 79.0 Å². The second kappa shape index (κ2) is 16.5. The summed E-state index contributed by atoms with van der Waals surface area (Å²) in [6, 6.07) is 13.3. The SMILES string of the molecule is CCOC(=O)c1cc(OCc2cccc(COc3cc(C(=O)OCC)cc(C(=O)OCC)c3)c2C(N)=O)cc(C(=O)OCC)c1. The average molecular weight is 622 g/mol. The molecule has 3 aromatic carbocycles. The monoisotopic (exact) mass is 621 g/mol. The van der Waals surface area contributed by atoms with Crippen LogP contribution in [0.15, 0.2) is 54.6 Å². The molecule has 0 heterocycles. The molecule has 0 aliphatic rings. The first-order chi connectivity index (χ1) is 21.6. The van der Waals surface area contributed by atoms with Crippen molar-refractivity contribution in [3.05, 3.63) is 93.5 Å². The fraction of sp³-hybridized carbons (Fsp3) is 0.303. The van der Waals surface area contributed by atoms with Gasteiger partial charge >= 0.3 is 23.9 Å². The summed E-state index contributed by atoms with van der Waals surface area (Å²) < 4.78 is 32.1. The molecule has 0 atom stereocenters. The second-order valence-electron chi connectivity index (χ2n) is 9.27. The summed E-state index contributed by atoms with van der Waals surface area (Å²) in [4.78, 5) is 62.2. The number of esters is 4. The number of benzene rings is 3. The molecule has 0 saturated heterocycles. The van der Waals surface area contributed by atoms with Crippen LogP contribution in [-0.4, -0.2) is 56.2 Å². The van der Waals surface area contributed by atoms with Gasteiger partial charge in [0.05, 0.1) is 54.2 Å². The standard InChI is InChI=1S/C33H35NO11/c1-5-40-30(36)22-12-23(31(37)41-6-2)15-26(14-22)44-18-20-10-9-11-21(28(20)29(34)35)19-45-27-16-24(32(38)42-7-3)13-25(17-27)33(39)43-8-4/h9-17H,5-8,18-19H2,1-4H3,(H2,34,35). The highest BCUT2D eigenvalue weighted by Crippen LogP contribution is 2.25. The molecule has 0 aliphatic carbocycles. The number of nitrogens with two attached hydrogens (primary N) is 1. The Morgan fingerprint density at radius 3 is 1.11 bits per heavy atom. The van der Waals surface area contributed by atoms with Crippen LogP contribution in [0.4, 0.5) is 0 Å². The van der Waals surface area contributed by atoms with Crippen molar-refractivity contribution in [1.29, 1.82) is 0 Å². The summed E-state index contributed by atoms with van der Waals surface area (Å²) in [6.07, 6.45) is 0. The summed E-state index contributed by atoms with van der Waals surface area (Å²) in [7, 11) is 0. The van der Waals surface area contributed by atoms with Crippen molar-refractivity contribution in [2.75, 3.05) is 26.4 Å². The van der Waals surface area contributed by atoms with Gasteiger partial charge in [-0.1, -0.05) is 18.2 Å². The molecule has 0 saturated carbocycles. The fourth-order valence-electron chi connectivity index (χ4n) is 4.23. The third-order valence-corrected chi connectivity index (χ3v) is 6.13. The van der Waals surface area contributed by atoms with E-state index in [2.05, 4.69) is 0 Å². The summed E-state index contributed by atoms with van der Waals surface area (Å²) >= 11 is 0. The van der Waals surface area contributed by atoms with Gasteiger partial charge in [-0.25, -0.2) is 19.2 Å². The highest BCUT2D eigenvalue weighted by molar-refractivity contribution is 5.97. The van der Waals surface area contributed by atoms with Gasteiger partial charge in [0.25, 0.3) is 0 Å². The largest absolute Gasteiger partial charge is 0.489 e. The lowest BCUT2D eigenvalue weighted by molar-refractivity contribution is 0.0505. The Hall–Kier alpha value is -5.39. The van der Waals surface area contributed by atoms with E-state index in [0.29, 0.717) is 11.1 Å². The predicted molar refractivity (Wildman–Crippen MR) is 160 cm³/mol. The lowest BCUT2D eigenvalue weighted by Gasteiger charge is -2.16. The Morgan fingerprint density at radius 2 is 0.844 bits per heavy atom. The molecule has 0 aromatic heterocycles. The van der Waals surface area contributed by atoms with Crippen LogP contribution in [0.5, 0.6) is 11.5 Å². The third-order valence-electron chi connectivity index (χ3n) is 6.13. The van der Waals surface area contributed by atoms with Crippen LogP contribution in [0.25, 0.3) is 0 Å². The summed E-state index contributed by atoms with van der Waals surface area (Å²) in [6.45, 7) is 6.83. The van der Waals surface area contributed by atoms with Gasteiger partial charge in [0, 0.05) is 11.1 Å². The molecule has 238 valence electrons. The lowest BCUT2D eigenvalue weighted by Crippen LogP contribution is -2.19. The summed E-state index contributed by atoms with van der Waals surface area (Å²) in [5.74, 6) is -3.04. The Bertz CT molecular complexity index is 1390. The molecule has 0 bridgehead atoms. The van der Waals surface area contributed by atoms with Gasteiger partial charge in [0.2, 0.25) is 5.91 Å². The van der Waals surface area contributed by atoms with Crippen LogP contribution in [0.1, 0.15) is 90.6 Å². The van der Waals surface area contributed by atoms with Crippen molar-refractivity contribution in [2.24, 2.45) is 5.73 Å². The van der Waals surface area contributed by atoms with Crippen LogP contribution in [0, 0.1) is 0 Å². The van der Waals surface area contributed by atoms with Gasteiger partial charge in [0.1, 0.15) is 24.7 Å². The molecular formula is C33H35NO11. The smallest absolute Gasteiger partial charge is 0.338 e. The Labute approximate surface area is 260 Å². The minimum atomic E-state index is -0.757. The fourth-order valence-corrected chi connectivity index (χ4v) is 4.23. The number of hydrogen-bond acceptors (Lipinski definition) is 11. The van der Waals surface area contributed by atoms with E-state index in [4.69, 9.17) is 34.2 Å². The molecule has 3 aromatic rings. The van der Waals surface area contributed by atoms with Gasteiger partial charge in [-0.05, 0) is 64.1 Å². The normalized spacial score (nSPS) is 10.4. The predicted octanol–water partition coefficient (Wildman–Crippen LogP) is 4.65. The zero-order valence-corrected chi connectivity index (χ0v) is 25.5. The van der Waals surface area contributed by atoms with Crippen LogP contribution >= 0.6 is 0 Å². The van der Waals surface area contributed by atoms with Crippen LogP contribution in [0.2, 0.25) is 0 Å². The molecule has 0 aliphatic heterocycles. The van der Waals surface area contributed by atoms with E-state index in [1.54, 1.807) is 45.9 Å². The molecule has 12 nitrogen and oxygen atoms in total. The zero-order chi connectivity index (χ0) is 32.9. The van der Waals surface area contributed by atoms with Gasteiger partial charge in [-0.3, -0.25) is 4.79 Å². The lowest BCUT2D eigenvalue weighted by atomic mass is 10.0. The van der Waals surface area contributed by atoms with Crippen molar-refractivity contribution in [2.45, 2.75) is 40.9 Å². The number of carbonyl (C=O) groups is 5. The summed E-state index contributed by atoms with van der Waals surface area (Å²) in [5, 5.41) is 0. The van der Waals surface area contributed by atoms with E-state index in [9.17, 15) is 24.0 Å². The maximum atomic E-state index is 12.6. The van der Waals surface area contributed by atoms with Crippen LogP contribution in [0.3, 0.4) is 0 Å². The topological polar surface area (TPSA) is 167 Å². The van der Waals surface area contributed by atoms with Crippen molar-refractivity contribution in [3.8, 4) is 11.5 Å². The first-order valence-electron chi connectivity index (χ1n) is 14.3. The van der Waals surface area contributed by atoms with Crippen molar-refractivity contribution >= 4 is 29.8 Å². The van der Waals surface area contributed by atoms with Crippen molar-refractivity contribution < 1.29 is 52.4 Å². The minimum Gasteiger partial charge on any atom is -0.489 e. The minimum absolute atomic E-state index is 0.0851. The Balaban J connectivity index is 1.90. The maximum absolute atomic E-state index is 12.6. The second-order valence-corrected chi connectivity index (χ2v) is 9.27. The van der Waals surface area contributed by atoms with Gasteiger partial charge < -0.3 is 34.2 Å². The number of hydrogen-bond donors (Lipinski definition) is 1. The van der Waals surface area contributed by atoms with Crippen LogP contribution < -0.4 is 15.2 Å². The Morgan fingerprint density at radius 1 is 0.533 bits per heavy atom. The number of ether oxygens (including phenoxy) is 6. The molecule has 0 unspecified atom stereocenters. The van der Waals surface area contributed by atoms with E-state index in [1.165, 1.54) is 36.4 Å². The molecule has 0 spiro atoms. The number of primary amides is 1. The maximum Gasteiger partial charge on any atom is 0.338 e. The molecule has 12 heteroatoms. The van der Waals surface area contributed by atoms with Gasteiger partial charge in [-0.15, -0.1) is 0 Å². The molecule has 2 N–H and O–H groups in total. The quantitative estimate of drug-likeness (QED) is 0.185. The highest BCUT2D eigenvalue weighted by atomic mass is 16.5. The van der Waals surface area contributed by atoms with E-state index in [0.717, 1.165) is 0 Å². The molecule has 0 fully saturated rings. The van der Waals surface area contributed by atoms with Crippen molar-refractivity contribution in [3.63, 3.8) is 0 Å². The number of rotatable bonds is 15. The van der Waals surface area contributed by atoms with Crippen molar-refractivity contribution in [1.82, 2.24) is 0 Å². The molecule has 0 radical (unpaired) electrons. The first-order valence-corrected chi connectivity index (χ1v) is 14.3. The van der Waals surface area contributed by atoms with Gasteiger partial charge in [-0.2, -0.15) is 0 Å². The van der Waals surface area contributed by atoms with Crippen LogP contribution in [-0.2, 0) is 32.2 Å². The van der Waals surface area contributed by atoms with E-state index >= 15 is 0 Å². The molecule has 1 amide bonds. The molecule has 3 rings (SSSR count). The third kappa shape index (κ3) is 9.30. The molecule has 45 heavy (non-hydrogen) atoms. The number of carbonyl (C=O) groups excluding carboxylic acids is 5. The Kier molecular flexibility index (Phi) is 12.5.